The van der Waals surface area contributed by atoms with E-state index < -0.39 is 0 Å². The first-order chi connectivity index (χ1) is 7.16. The second kappa shape index (κ2) is 4.35. The van der Waals surface area contributed by atoms with Crippen molar-refractivity contribution >= 4 is 17.4 Å². The van der Waals surface area contributed by atoms with Gasteiger partial charge in [0.15, 0.2) is 0 Å². The predicted molar refractivity (Wildman–Crippen MR) is 62.2 cm³/mol. The molecule has 0 aromatic carbocycles. The molecule has 0 aliphatic heterocycles. The SMILES string of the molecule is CC(C)CN(c1cc(Cl)ncn1)C1CC1. The van der Waals surface area contributed by atoms with Crippen molar-refractivity contribution in [1.82, 2.24) is 9.97 Å². The molecule has 3 nitrogen and oxygen atoms in total. The van der Waals surface area contributed by atoms with Crippen LogP contribution >= 0.6 is 11.6 Å². The summed E-state index contributed by atoms with van der Waals surface area (Å²) in [7, 11) is 0. The first-order valence-electron chi connectivity index (χ1n) is 5.41. The van der Waals surface area contributed by atoms with E-state index in [9.17, 15) is 0 Å². The minimum atomic E-state index is 0.523. The van der Waals surface area contributed by atoms with Crippen LogP contribution in [0.2, 0.25) is 5.15 Å². The zero-order chi connectivity index (χ0) is 10.8. The second-order valence-electron chi connectivity index (χ2n) is 4.48. The van der Waals surface area contributed by atoms with Crippen LogP contribution < -0.4 is 4.90 Å². The van der Waals surface area contributed by atoms with E-state index in [1.165, 1.54) is 19.2 Å². The van der Waals surface area contributed by atoms with Crippen LogP contribution in [0.15, 0.2) is 12.4 Å². The van der Waals surface area contributed by atoms with Crippen molar-refractivity contribution in [2.45, 2.75) is 32.7 Å². The van der Waals surface area contributed by atoms with Crippen molar-refractivity contribution in [2.24, 2.45) is 5.92 Å². The fourth-order valence-corrected chi connectivity index (χ4v) is 1.83. The van der Waals surface area contributed by atoms with E-state index in [1.54, 1.807) is 0 Å². The van der Waals surface area contributed by atoms with Crippen molar-refractivity contribution in [3.8, 4) is 0 Å². The van der Waals surface area contributed by atoms with Gasteiger partial charge in [-0.15, -0.1) is 0 Å². The molecule has 0 N–H and O–H groups in total. The molecule has 0 radical (unpaired) electrons. The van der Waals surface area contributed by atoms with E-state index in [2.05, 4.69) is 28.7 Å². The van der Waals surface area contributed by atoms with E-state index in [0.717, 1.165) is 12.4 Å². The van der Waals surface area contributed by atoms with Gasteiger partial charge in [0.2, 0.25) is 0 Å². The Hall–Kier alpha value is -0.830. The second-order valence-corrected chi connectivity index (χ2v) is 4.86. The maximum absolute atomic E-state index is 5.87. The number of anilines is 1. The Morgan fingerprint density at radius 2 is 2.20 bits per heavy atom. The van der Waals surface area contributed by atoms with Gasteiger partial charge >= 0.3 is 0 Å². The first-order valence-corrected chi connectivity index (χ1v) is 5.79. The van der Waals surface area contributed by atoms with Gasteiger partial charge < -0.3 is 4.90 Å². The van der Waals surface area contributed by atoms with Gasteiger partial charge in [0.1, 0.15) is 17.3 Å². The molecule has 1 saturated carbocycles. The number of halogens is 1. The Labute approximate surface area is 95.5 Å². The largest absolute Gasteiger partial charge is 0.353 e. The number of rotatable bonds is 4. The molecule has 1 aliphatic rings. The third-order valence-corrected chi connectivity index (χ3v) is 2.67. The average Bonchev–Trinajstić information content (AvgIpc) is 2.97. The molecule has 82 valence electrons. The summed E-state index contributed by atoms with van der Waals surface area (Å²) in [6.45, 7) is 5.48. The normalized spacial score (nSPS) is 15.7. The van der Waals surface area contributed by atoms with Gasteiger partial charge in [0.25, 0.3) is 0 Å². The smallest absolute Gasteiger partial charge is 0.134 e. The average molecular weight is 226 g/mol. The lowest BCUT2D eigenvalue weighted by Gasteiger charge is -2.25. The summed E-state index contributed by atoms with van der Waals surface area (Å²) < 4.78 is 0. The maximum atomic E-state index is 5.87. The molecular weight excluding hydrogens is 210 g/mol. The molecule has 1 aromatic rings. The summed E-state index contributed by atoms with van der Waals surface area (Å²) in [5.74, 6) is 1.60. The quantitative estimate of drug-likeness (QED) is 0.738. The van der Waals surface area contributed by atoms with Crippen molar-refractivity contribution in [3.63, 3.8) is 0 Å². The van der Waals surface area contributed by atoms with E-state index in [1.807, 2.05) is 6.07 Å². The molecule has 1 aromatic heterocycles. The van der Waals surface area contributed by atoms with Crippen molar-refractivity contribution < 1.29 is 0 Å². The van der Waals surface area contributed by atoms with Gasteiger partial charge in [-0.2, -0.15) is 0 Å². The van der Waals surface area contributed by atoms with Crippen LogP contribution in [0.25, 0.3) is 0 Å². The summed E-state index contributed by atoms with van der Waals surface area (Å²) >= 11 is 5.87. The Morgan fingerprint density at radius 1 is 1.47 bits per heavy atom. The molecule has 1 fully saturated rings. The fraction of sp³-hybridized carbons (Fsp3) is 0.636. The molecule has 0 saturated heterocycles. The van der Waals surface area contributed by atoms with Crippen LogP contribution in [-0.4, -0.2) is 22.6 Å². The van der Waals surface area contributed by atoms with Crippen LogP contribution in [0.5, 0.6) is 0 Å². The van der Waals surface area contributed by atoms with Crippen LogP contribution in [0.4, 0.5) is 5.82 Å². The lowest BCUT2D eigenvalue weighted by molar-refractivity contribution is 0.602. The van der Waals surface area contributed by atoms with E-state index >= 15 is 0 Å². The van der Waals surface area contributed by atoms with Gasteiger partial charge in [0, 0.05) is 18.7 Å². The molecule has 2 rings (SSSR count). The summed E-state index contributed by atoms with van der Waals surface area (Å²) in [5, 5.41) is 0.523. The standard InChI is InChI=1S/C11H16ClN3/c1-8(2)6-15(9-3-4-9)11-5-10(12)13-7-14-11/h5,7-9H,3-4,6H2,1-2H3. The van der Waals surface area contributed by atoms with Crippen molar-refractivity contribution in [1.29, 1.82) is 0 Å². The fourth-order valence-electron chi connectivity index (χ4n) is 1.69. The van der Waals surface area contributed by atoms with Crippen LogP contribution in [0, 0.1) is 5.92 Å². The summed E-state index contributed by atoms with van der Waals surface area (Å²) in [5.41, 5.74) is 0. The van der Waals surface area contributed by atoms with Crippen LogP contribution in [-0.2, 0) is 0 Å². The predicted octanol–water partition coefficient (Wildman–Crippen LogP) is 2.75. The summed E-state index contributed by atoms with van der Waals surface area (Å²) in [6.07, 6.45) is 4.08. The summed E-state index contributed by atoms with van der Waals surface area (Å²) in [4.78, 5) is 10.5. The number of aromatic nitrogens is 2. The van der Waals surface area contributed by atoms with Crippen LogP contribution in [0.3, 0.4) is 0 Å². The Kier molecular flexibility index (Phi) is 3.10. The lowest BCUT2D eigenvalue weighted by Crippen LogP contribution is -2.30. The lowest BCUT2D eigenvalue weighted by atomic mass is 10.2. The highest BCUT2D eigenvalue weighted by atomic mass is 35.5. The molecule has 0 bridgehead atoms. The molecule has 0 unspecified atom stereocenters. The molecule has 15 heavy (non-hydrogen) atoms. The van der Waals surface area contributed by atoms with E-state index in [-0.39, 0.29) is 0 Å². The van der Waals surface area contributed by atoms with Gasteiger partial charge in [-0.25, -0.2) is 9.97 Å². The third-order valence-electron chi connectivity index (χ3n) is 2.46. The highest BCUT2D eigenvalue weighted by molar-refractivity contribution is 6.29. The molecule has 0 spiro atoms. The minimum Gasteiger partial charge on any atom is -0.353 e. The van der Waals surface area contributed by atoms with Crippen LogP contribution in [0.1, 0.15) is 26.7 Å². The zero-order valence-corrected chi connectivity index (χ0v) is 9.91. The first kappa shape index (κ1) is 10.7. The molecule has 4 heteroatoms. The van der Waals surface area contributed by atoms with E-state index in [0.29, 0.717) is 17.1 Å². The number of nitrogens with zero attached hydrogens (tertiary/aromatic N) is 3. The Bertz CT molecular complexity index is 336. The number of hydrogen-bond acceptors (Lipinski definition) is 3. The van der Waals surface area contributed by atoms with Crippen molar-refractivity contribution in [3.05, 3.63) is 17.5 Å². The van der Waals surface area contributed by atoms with Gasteiger partial charge in [-0.3, -0.25) is 0 Å². The summed E-state index contributed by atoms with van der Waals surface area (Å²) in [6, 6.07) is 2.51. The monoisotopic (exact) mass is 225 g/mol. The maximum Gasteiger partial charge on any atom is 0.134 e. The molecule has 1 heterocycles. The highest BCUT2D eigenvalue weighted by Crippen LogP contribution is 2.31. The topological polar surface area (TPSA) is 29.0 Å². The molecule has 1 aliphatic carbocycles. The molecule has 0 amide bonds. The third kappa shape index (κ3) is 2.81. The van der Waals surface area contributed by atoms with Gasteiger partial charge in [0.05, 0.1) is 0 Å². The Morgan fingerprint density at radius 3 is 2.73 bits per heavy atom. The van der Waals surface area contributed by atoms with Crippen molar-refractivity contribution in [2.75, 3.05) is 11.4 Å². The molecular formula is C11H16ClN3. The Balaban J connectivity index is 2.16. The minimum absolute atomic E-state index is 0.523. The van der Waals surface area contributed by atoms with Gasteiger partial charge in [-0.05, 0) is 18.8 Å². The zero-order valence-electron chi connectivity index (χ0n) is 9.15. The molecule has 0 atom stereocenters. The number of hydrogen-bond donors (Lipinski definition) is 0. The van der Waals surface area contributed by atoms with Gasteiger partial charge in [-0.1, -0.05) is 25.4 Å². The van der Waals surface area contributed by atoms with E-state index in [4.69, 9.17) is 11.6 Å². The highest BCUT2D eigenvalue weighted by Gasteiger charge is 2.30.